The fraction of sp³-hybridized carbons (Fsp3) is 0.625. The number of halogens is 2. The number of amides is 2. The number of hydrogen-bond acceptors (Lipinski definition) is 3. The van der Waals surface area contributed by atoms with Gasteiger partial charge in [0.05, 0.1) is 29.7 Å². The molecule has 0 aliphatic heterocycles. The zero-order valence-corrected chi connectivity index (χ0v) is 18.4. The minimum Gasteiger partial charge on any atom is -0.351 e. The second kappa shape index (κ2) is 8.12. The number of hydrogen-bond donors (Lipinski definition) is 1. The van der Waals surface area contributed by atoms with Crippen molar-refractivity contribution in [2.45, 2.75) is 51.4 Å². The zero-order chi connectivity index (χ0) is 22.5. The van der Waals surface area contributed by atoms with Crippen molar-refractivity contribution >= 4 is 17.3 Å². The monoisotopic (exact) mass is 444 g/mol. The number of nitrogens with one attached hydrogen (secondary N) is 1. The van der Waals surface area contributed by atoms with E-state index < -0.39 is 18.9 Å². The Morgan fingerprint density at radius 1 is 1.22 bits per heavy atom. The van der Waals surface area contributed by atoms with Crippen molar-refractivity contribution in [3.63, 3.8) is 0 Å². The molecule has 0 radical (unpaired) electrons. The molecule has 2 heterocycles. The summed E-state index contributed by atoms with van der Waals surface area (Å²) in [6, 6.07) is 5.22. The number of likely N-dealkylation sites (N-methyl/N-ethyl adjacent to an activating group) is 1. The first-order chi connectivity index (χ1) is 15.3. The Hall–Kier alpha value is -2.51. The quantitative estimate of drug-likeness (QED) is 0.710. The van der Waals surface area contributed by atoms with E-state index in [1.165, 1.54) is 45.6 Å². The summed E-state index contributed by atoms with van der Waals surface area (Å²) < 4.78 is 26.7. The number of pyridine rings is 1. The summed E-state index contributed by atoms with van der Waals surface area (Å²) in [5.41, 5.74) is 1.85. The van der Waals surface area contributed by atoms with Crippen LogP contribution >= 0.6 is 0 Å². The molecule has 2 amide bonds. The lowest BCUT2D eigenvalue weighted by Gasteiger charge is -2.56. The smallest absolute Gasteiger partial charge is 0.255 e. The van der Waals surface area contributed by atoms with Crippen LogP contribution in [0.3, 0.4) is 0 Å². The van der Waals surface area contributed by atoms with Gasteiger partial charge < -0.3 is 10.2 Å². The second-order valence-electron chi connectivity index (χ2n) is 10.3. The van der Waals surface area contributed by atoms with Crippen molar-refractivity contribution in [3.8, 4) is 0 Å². The standard InChI is InChI=1S/C24H30F2N4O2/c1-29(13-21(25)26)22(31)9-18-8-20-19(3-2-4-30(20)28-18)23(32)27-14-24-10-15-5-16(11-24)7-17(6-15)12-24/h2-4,8,15-17,21H,5-7,9-14H2,1H3,(H,27,32). The number of rotatable bonds is 7. The van der Waals surface area contributed by atoms with Crippen LogP contribution < -0.4 is 5.32 Å². The number of fused-ring (bicyclic) bond motifs is 1. The van der Waals surface area contributed by atoms with E-state index in [-0.39, 0.29) is 17.7 Å². The third kappa shape index (κ3) is 4.11. The number of aromatic nitrogens is 2. The topological polar surface area (TPSA) is 66.7 Å². The largest absolute Gasteiger partial charge is 0.351 e. The maximum atomic E-state index is 13.1. The molecule has 4 aliphatic carbocycles. The molecule has 0 unspecified atom stereocenters. The first-order valence-electron chi connectivity index (χ1n) is 11.6. The van der Waals surface area contributed by atoms with Crippen LogP contribution in [-0.2, 0) is 11.2 Å². The molecule has 32 heavy (non-hydrogen) atoms. The van der Waals surface area contributed by atoms with Crippen molar-refractivity contribution in [2.75, 3.05) is 20.1 Å². The predicted molar refractivity (Wildman–Crippen MR) is 115 cm³/mol. The van der Waals surface area contributed by atoms with Gasteiger partial charge in [-0.1, -0.05) is 0 Å². The number of carbonyl (C=O) groups is 2. The summed E-state index contributed by atoms with van der Waals surface area (Å²) in [4.78, 5) is 26.3. The molecule has 0 atom stereocenters. The summed E-state index contributed by atoms with van der Waals surface area (Å²) in [5.74, 6) is 1.94. The molecule has 0 saturated heterocycles. The maximum absolute atomic E-state index is 13.1. The van der Waals surface area contributed by atoms with Gasteiger partial charge in [-0.25, -0.2) is 13.3 Å². The summed E-state index contributed by atoms with van der Waals surface area (Å²) >= 11 is 0. The molecular weight excluding hydrogens is 414 g/mol. The van der Waals surface area contributed by atoms with Crippen LogP contribution in [-0.4, -0.2) is 52.9 Å². The molecule has 1 N–H and O–H groups in total. The normalized spacial score (nSPS) is 28.4. The Balaban J connectivity index is 1.28. The maximum Gasteiger partial charge on any atom is 0.255 e. The van der Waals surface area contributed by atoms with Crippen molar-refractivity contribution in [3.05, 3.63) is 35.7 Å². The van der Waals surface area contributed by atoms with Gasteiger partial charge in [0, 0.05) is 19.8 Å². The fourth-order valence-electron chi connectivity index (χ4n) is 6.81. The third-order valence-electron chi connectivity index (χ3n) is 7.76. The van der Waals surface area contributed by atoms with Crippen molar-refractivity contribution in [1.29, 1.82) is 0 Å². The van der Waals surface area contributed by atoms with E-state index in [0.29, 0.717) is 23.3 Å². The van der Waals surface area contributed by atoms with E-state index in [4.69, 9.17) is 0 Å². The van der Waals surface area contributed by atoms with Crippen LogP contribution in [0.25, 0.3) is 5.52 Å². The third-order valence-corrected chi connectivity index (χ3v) is 7.76. The average Bonchev–Trinajstić information content (AvgIpc) is 3.13. The highest BCUT2D eigenvalue weighted by Gasteiger charge is 2.50. The summed E-state index contributed by atoms with van der Waals surface area (Å²) in [7, 11) is 1.35. The Morgan fingerprint density at radius 2 is 1.88 bits per heavy atom. The van der Waals surface area contributed by atoms with E-state index in [1.807, 2.05) is 0 Å². The molecule has 0 spiro atoms. The summed E-state index contributed by atoms with van der Waals surface area (Å²) in [6.07, 6.45) is 6.87. The Labute approximate surface area is 186 Å². The molecular formula is C24H30F2N4O2. The van der Waals surface area contributed by atoms with Gasteiger partial charge in [-0.05, 0) is 79.9 Å². The first kappa shape index (κ1) is 21.3. The van der Waals surface area contributed by atoms with Crippen LogP contribution in [0.4, 0.5) is 8.78 Å². The lowest BCUT2D eigenvalue weighted by molar-refractivity contribution is -0.130. The van der Waals surface area contributed by atoms with Crippen LogP contribution in [0, 0.1) is 23.2 Å². The van der Waals surface area contributed by atoms with Gasteiger partial charge in [0.1, 0.15) is 0 Å². The number of nitrogens with zero attached hydrogens (tertiary/aromatic N) is 3. The number of carbonyl (C=O) groups excluding carboxylic acids is 2. The Bertz CT molecular complexity index is 999. The highest BCUT2D eigenvalue weighted by molar-refractivity contribution is 6.00. The van der Waals surface area contributed by atoms with Crippen LogP contribution in [0.2, 0.25) is 0 Å². The molecule has 172 valence electrons. The molecule has 8 heteroatoms. The summed E-state index contributed by atoms with van der Waals surface area (Å²) in [5, 5.41) is 7.57. The van der Waals surface area contributed by atoms with E-state index in [1.54, 1.807) is 28.9 Å². The highest BCUT2D eigenvalue weighted by atomic mass is 19.3. The summed E-state index contributed by atoms with van der Waals surface area (Å²) in [6.45, 7) is 0.110. The van der Waals surface area contributed by atoms with Gasteiger partial charge in [-0.3, -0.25) is 9.59 Å². The van der Waals surface area contributed by atoms with E-state index >= 15 is 0 Å². The molecule has 4 aliphatic rings. The van der Waals surface area contributed by atoms with Crippen molar-refractivity contribution in [1.82, 2.24) is 19.8 Å². The number of alkyl halides is 2. The molecule has 4 bridgehead atoms. The first-order valence-corrected chi connectivity index (χ1v) is 11.6. The highest BCUT2D eigenvalue weighted by Crippen LogP contribution is 2.59. The van der Waals surface area contributed by atoms with Gasteiger partial charge in [0.2, 0.25) is 5.91 Å². The van der Waals surface area contributed by atoms with Crippen molar-refractivity contribution in [2.24, 2.45) is 23.2 Å². The second-order valence-corrected chi connectivity index (χ2v) is 10.3. The van der Waals surface area contributed by atoms with E-state index in [2.05, 4.69) is 10.4 Å². The molecule has 0 aromatic carbocycles. The minimum atomic E-state index is -2.57. The van der Waals surface area contributed by atoms with Crippen LogP contribution in [0.15, 0.2) is 24.4 Å². The molecule has 6 nitrogen and oxygen atoms in total. The lowest BCUT2D eigenvalue weighted by atomic mass is 9.49. The van der Waals surface area contributed by atoms with Crippen molar-refractivity contribution < 1.29 is 18.4 Å². The molecule has 2 aromatic heterocycles. The van der Waals surface area contributed by atoms with Gasteiger partial charge in [-0.2, -0.15) is 5.10 Å². The lowest BCUT2D eigenvalue weighted by Crippen LogP contribution is -2.51. The Morgan fingerprint density at radius 3 is 2.50 bits per heavy atom. The van der Waals surface area contributed by atoms with Crippen LogP contribution in [0.1, 0.15) is 54.6 Å². The molecule has 6 rings (SSSR count). The average molecular weight is 445 g/mol. The van der Waals surface area contributed by atoms with Gasteiger partial charge in [0.25, 0.3) is 12.3 Å². The molecule has 4 fully saturated rings. The predicted octanol–water partition coefficient (Wildman–Crippen LogP) is 3.55. The van der Waals surface area contributed by atoms with Crippen LogP contribution in [0.5, 0.6) is 0 Å². The van der Waals surface area contributed by atoms with Gasteiger partial charge >= 0.3 is 0 Å². The minimum absolute atomic E-state index is 0.0841. The Kier molecular flexibility index (Phi) is 5.42. The molecule has 2 aromatic rings. The SMILES string of the molecule is CN(CC(F)F)C(=O)Cc1cc2c(C(=O)NCC34CC5CC(CC(C5)C3)C4)cccn2n1. The molecule has 4 saturated carbocycles. The zero-order valence-electron chi connectivity index (χ0n) is 18.4. The van der Waals surface area contributed by atoms with E-state index in [9.17, 15) is 18.4 Å². The van der Waals surface area contributed by atoms with E-state index in [0.717, 1.165) is 22.7 Å². The fourth-order valence-corrected chi connectivity index (χ4v) is 6.81. The van der Waals surface area contributed by atoms with Gasteiger partial charge in [0.15, 0.2) is 0 Å². The van der Waals surface area contributed by atoms with Gasteiger partial charge in [-0.15, -0.1) is 0 Å².